The van der Waals surface area contributed by atoms with Gasteiger partial charge in [0.2, 0.25) is 5.91 Å². The first-order valence-electron chi connectivity index (χ1n) is 6.23. The van der Waals surface area contributed by atoms with Crippen molar-refractivity contribution in [3.8, 4) is 0 Å². The number of anilines is 1. The molecular formula is C12H19N3OS. The molecule has 0 aliphatic heterocycles. The molecule has 0 bridgehead atoms. The zero-order valence-electron chi connectivity index (χ0n) is 10.2. The fourth-order valence-electron chi connectivity index (χ4n) is 1.96. The molecule has 1 aromatic rings. The fraction of sp³-hybridized carbons (Fsp3) is 0.667. The van der Waals surface area contributed by atoms with Gasteiger partial charge in [-0.2, -0.15) is 0 Å². The van der Waals surface area contributed by atoms with E-state index in [0.717, 1.165) is 24.4 Å². The molecule has 0 radical (unpaired) electrons. The van der Waals surface area contributed by atoms with Crippen molar-refractivity contribution in [1.82, 2.24) is 4.98 Å². The monoisotopic (exact) mass is 253 g/mol. The van der Waals surface area contributed by atoms with Crippen LogP contribution in [0.1, 0.15) is 43.2 Å². The third-order valence-electron chi connectivity index (χ3n) is 3.06. The van der Waals surface area contributed by atoms with Gasteiger partial charge in [0, 0.05) is 17.3 Å². The molecule has 1 aliphatic carbocycles. The number of nitrogens with zero attached hydrogens (tertiary/aromatic N) is 1. The molecule has 1 amide bonds. The Balaban J connectivity index is 1.94. The van der Waals surface area contributed by atoms with Crippen LogP contribution in [0.5, 0.6) is 0 Å². The van der Waals surface area contributed by atoms with E-state index < -0.39 is 0 Å². The maximum Gasteiger partial charge on any atom is 0.227 e. The molecule has 2 rings (SSSR count). The van der Waals surface area contributed by atoms with Crippen LogP contribution in [0.25, 0.3) is 0 Å². The molecule has 0 saturated heterocycles. The summed E-state index contributed by atoms with van der Waals surface area (Å²) in [5, 5.41) is 3.59. The molecule has 17 heavy (non-hydrogen) atoms. The van der Waals surface area contributed by atoms with Crippen molar-refractivity contribution < 1.29 is 4.79 Å². The first-order chi connectivity index (χ1) is 8.19. The molecular weight excluding hydrogens is 234 g/mol. The Bertz CT molecular complexity index is 379. The number of aryl methyl sites for hydroxylation is 2. The van der Waals surface area contributed by atoms with E-state index in [4.69, 9.17) is 5.73 Å². The van der Waals surface area contributed by atoms with E-state index in [1.807, 2.05) is 6.92 Å². The summed E-state index contributed by atoms with van der Waals surface area (Å²) >= 11 is 1.61. The van der Waals surface area contributed by atoms with Gasteiger partial charge in [-0.3, -0.25) is 4.79 Å². The topological polar surface area (TPSA) is 68.0 Å². The second kappa shape index (κ2) is 5.60. The predicted octanol–water partition coefficient (Wildman–Crippen LogP) is 2.09. The Morgan fingerprint density at radius 2 is 2.29 bits per heavy atom. The quantitative estimate of drug-likeness (QED) is 0.863. The van der Waals surface area contributed by atoms with Gasteiger partial charge in [-0.15, -0.1) is 11.3 Å². The summed E-state index contributed by atoms with van der Waals surface area (Å²) in [4.78, 5) is 17.5. The molecule has 1 heterocycles. The molecule has 1 atom stereocenters. The molecule has 3 N–H and O–H groups in total. The molecule has 0 aromatic carbocycles. The summed E-state index contributed by atoms with van der Waals surface area (Å²) in [7, 11) is 0. The van der Waals surface area contributed by atoms with E-state index in [0.29, 0.717) is 6.42 Å². The van der Waals surface area contributed by atoms with E-state index >= 15 is 0 Å². The van der Waals surface area contributed by atoms with E-state index in [-0.39, 0.29) is 11.9 Å². The number of hydrogen-bond acceptors (Lipinski definition) is 4. The SMILES string of the molecule is CCC(N)CC(=O)Nc1nc2c(s1)CCCC2. The number of rotatable bonds is 4. The molecule has 5 heteroatoms. The van der Waals surface area contributed by atoms with Crippen LogP contribution in [-0.2, 0) is 17.6 Å². The number of carbonyl (C=O) groups is 1. The Labute approximate surface area is 106 Å². The van der Waals surface area contributed by atoms with Crippen molar-refractivity contribution in [1.29, 1.82) is 0 Å². The maximum atomic E-state index is 11.7. The number of amides is 1. The van der Waals surface area contributed by atoms with Crippen LogP contribution in [0.15, 0.2) is 0 Å². The number of aromatic nitrogens is 1. The Kier molecular flexibility index (Phi) is 4.12. The summed E-state index contributed by atoms with van der Waals surface area (Å²) in [5.74, 6) is -0.0227. The highest BCUT2D eigenvalue weighted by atomic mass is 32.1. The van der Waals surface area contributed by atoms with Crippen LogP contribution < -0.4 is 11.1 Å². The fourth-order valence-corrected chi connectivity index (χ4v) is 3.02. The zero-order valence-corrected chi connectivity index (χ0v) is 11.0. The molecule has 0 spiro atoms. The van der Waals surface area contributed by atoms with E-state index in [9.17, 15) is 4.79 Å². The second-order valence-corrected chi connectivity index (χ2v) is 5.60. The summed E-state index contributed by atoms with van der Waals surface area (Å²) in [6, 6.07) is -0.0513. The van der Waals surface area contributed by atoms with Gasteiger partial charge in [-0.05, 0) is 32.1 Å². The lowest BCUT2D eigenvalue weighted by Gasteiger charge is -2.07. The first-order valence-corrected chi connectivity index (χ1v) is 7.04. The minimum atomic E-state index is -0.0513. The molecule has 94 valence electrons. The maximum absolute atomic E-state index is 11.7. The number of nitrogens with two attached hydrogens (primary N) is 1. The highest BCUT2D eigenvalue weighted by molar-refractivity contribution is 7.15. The number of fused-ring (bicyclic) bond motifs is 1. The lowest BCUT2D eigenvalue weighted by Crippen LogP contribution is -2.26. The minimum Gasteiger partial charge on any atom is -0.327 e. The highest BCUT2D eigenvalue weighted by Crippen LogP contribution is 2.29. The van der Waals surface area contributed by atoms with Gasteiger partial charge in [0.25, 0.3) is 0 Å². The van der Waals surface area contributed by atoms with Gasteiger partial charge >= 0.3 is 0 Å². The van der Waals surface area contributed by atoms with Crippen molar-refractivity contribution in [2.24, 2.45) is 5.73 Å². The lowest BCUT2D eigenvalue weighted by molar-refractivity contribution is -0.116. The molecule has 1 aromatic heterocycles. The highest BCUT2D eigenvalue weighted by Gasteiger charge is 2.16. The van der Waals surface area contributed by atoms with Crippen LogP contribution in [-0.4, -0.2) is 16.9 Å². The average Bonchev–Trinajstić information content (AvgIpc) is 2.70. The van der Waals surface area contributed by atoms with Crippen LogP contribution in [0.3, 0.4) is 0 Å². The molecule has 1 unspecified atom stereocenters. The zero-order chi connectivity index (χ0) is 12.3. The number of hydrogen-bond donors (Lipinski definition) is 2. The van der Waals surface area contributed by atoms with Crippen LogP contribution in [0, 0.1) is 0 Å². The van der Waals surface area contributed by atoms with Gasteiger partial charge in [0.05, 0.1) is 5.69 Å². The summed E-state index contributed by atoms with van der Waals surface area (Å²) < 4.78 is 0. The lowest BCUT2D eigenvalue weighted by atomic mass is 10.0. The van der Waals surface area contributed by atoms with Crippen molar-refractivity contribution in [3.05, 3.63) is 10.6 Å². The van der Waals surface area contributed by atoms with Gasteiger partial charge in [-0.25, -0.2) is 4.98 Å². The van der Waals surface area contributed by atoms with E-state index in [1.54, 1.807) is 11.3 Å². The van der Waals surface area contributed by atoms with Gasteiger partial charge in [-0.1, -0.05) is 6.92 Å². The van der Waals surface area contributed by atoms with Gasteiger partial charge < -0.3 is 11.1 Å². The third kappa shape index (κ3) is 3.26. The number of carbonyl (C=O) groups excluding carboxylic acids is 1. The smallest absolute Gasteiger partial charge is 0.227 e. The largest absolute Gasteiger partial charge is 0.327 e. The molecule has 0 saturated carbocycles. The van der Waals surface area contributed by atoms with E-state index in [1.165, 1.54) is 23.4 Å². The van der Waals surface area contributed by atoms with Crippen LogP contribution in [0.4, 0.5) is 5.13 Å². The Morgan fingerprint density at radius 3 is 3.00 bits per heavy atom. The Hall–Kier alpha value is -0.940. The molecule has 0 fully saturated rings. The van der Waals surface area contributed by atoms with Crippen molar-refractivity contribution in [2.75, 3.05) is 5.32 Å². The summed E-state index contributed by atoms with van der Waals surface area (Å²) in [6.45, 7) is 1.99. The van der Waals surface area contributed by atoms with Gasteiger partial charge in [0.1, 0.15) is 0 Å². The molecule has 4 nitrogen and oxygen atoms in total. The first kappa shape index (κ1) is 12.5. The number of nitrogens with one attached hydrogen (secondary N) is 1. The van der Waals surface area contributed by atoms with Gasteiger partial charge in [0.15, 0.2) is 5.13 Å². The van der Waals surface area contributed by atoms with Crippen molar-refractivity contribution in [2.45, 2.75) is 51.5 Å². The minimum absolute atomic E-state index is 0.0227. The summed E-state index contributed by atoms with van der Waals surface area (Å²) in [5.41, 5.74) is 6.92. The van der Waals surface area contributed by atoms with E-state index in [2.05, 4.69) is 10.3 Å². The van der Waals surface area contributed by atoms with Crippen molar-refractivity contribution >= 4 is 22.4 Å². The van der Waals surface area contributed by atoms with Crippen molar-refractivity contribution in [3.63, 3.8) is 0 Å². The summed E-state index contributed by atoms with van der Waals surface area (Å²) in [6.07, 6.45) is 5.81. The Morgan fingerprint density at radius 1 is 1.53 bits per heavy atom. The normalized spacial score (nSPS) is 16.4. The second-order valence-electron chi connectivity index (χ2n) is 4.52. The number of thiazole rings is 1. The molecule has 1 aliphatic rings. The average molecular weight is 253 g/mol. The predicted molar refractivity (Wildman–Crippen MR) is 70.3 cm³/mol. The van der Waals surface area contributed by atoms with Crippen LogP contribution >= 0.6 is 11.3 Å². The third-order valence-corrected chi connectivity index (χ3v) is 4.14. The van der Waals surface area contributed by atoms with Crippen LogP contribution in [0.2, 0.25) is 0 Å². The standard InChI is InChI=1S/C12H19N3OS/c1-2-8(13)7-11(16)15-12-14-9-5-3-4-6-10(9)17-12/h8H,2-7,13H2,1H3,(H,14,15,16).